The molecule has 0 bridgehead atoms. The fourth-order valence-corrected chi connectivity index (χ4v) is 3.92. The third-order valence-electron chi connectivity index (χ3n) is 5.58. The molecule has 0 unspecified atom stereocenters. The van der Waals surface area contributed by atoms with Crippen LogP contribution in [0.15, 0.2) is 60.7 Å². The van der Waals surface area contributed by atoms with Crippen LogP contribution in [0.3, 0.4) is 0 Å². The number of rotatable bonds is 8. The van der Waals surface area contributed by atoms with Crippen LogP contribution in [-0.2, 0) is 14.4 Å². The topological polar surface area (TPSA) is 78.5 Å². The van der Waals surface area contributed by atoms with Gasteiger partial charge in [-0.05, 0) is 49.1 Å². The molecule has 1 aliphatic carbocycles. The molecule has 2 aromatic carbocycles. The first-order valence-corrected chi connectivity index (χ1v) is 11.2. The highest BCUT2D eigenvalue weighted by Gasteiger charge is 2.26. The molecule has 0 saturated heterocycles. The summed E-state index contributed by atoms with van der Waals surface area (Å²) in [5, 5.41) is 5.42. The van der Waals surface area contributed by atoms with E-state index in [4.69, 9.17) is 0 Å². The predicted molar refractivity (Wildman–Crippen MR) is 127 cm³/mol. The minimum atomic E-state index is -0.337. The molecule has 0 atom stereocenters. The molecular formula is C26H31N3O3. The number of aryl methyl sites for hydroxylation is 1. The van der Waals surface area contributed by atoms with Gasteiger partial charge in [0.1, 0.15) is 6.54 Å². The minimum Gasteiger partial charge on any atom is -0.345 e. The van der Waals surface area contributed by atoms with E-state index in [1.165, 1.54) is 6.08 Å². The van der Waals surface area contributed by atoms with Crippen LogP contribution in [0.5, 0.6) is 0 Å². The van der Waals surface area contributed by atoms with Crippen molar-refractivity contribution in [1.82, 2.24) is 10.2 Å². The van der Waals surface area contributed by atoms with Gasteiger partial charge in [-0.2, -0.15) is 0 Å². The molecule has 2 aromatic rings. The summed E-state index contributed by atoms with van der Waals surface area (Å²) in [5.74, 6) is -0.819. The van der Waals surface area contributed by atoms with Gasteiger partial charge in [0.05, 0.1) is 6.54 Å². The number of amides is 3. The molecule has 168 valence electrons. The molecule has 2 N–H and O–H groups in total. The highest BCUT2D eigenvalue weighted by Crippen LogP contribution is 2.23. The van der Waals surface area contributed by atoms with Crippen LogP contribution in [0.4, 0.5) is 5.69 Å². The fourth-order valence-electron chi connectivity index (χ4n) is 3.92. The first kappa shape index (κ1) is 23.3. The van der Waals surface area contributed by atoms with Crippen molar-refractivity contribution >= 4 is 29.5 Å². The van der Waals surface area contributed by atoms with Crippen LogP contribution in [0, 0.1) is 6.92 Å². The van der Waals surface area contributed by atoms with E-state index in [0.29, 0.717) is 5.69 Å². The Morgan fingerprint density at radius 3 is 2.44 bits per heavy atom. The van der Waals surface area contributed by atoms with Gasteiger partial charge in [-0.1, -0.05) is 61.7 Å². The molecule has 1 saturated carbocycles. The van der Waals surface area contributed by atoms with E-state index in [9.17, 15) is 14.4 Å². The monoisotopic (exact) mass is 433 g/mol. The van der Waals surface area contributed by atoms with Crippen LogP contribution >= 0.6 is 0 Å². The van der Waals surface area contributed by atoms with Crippen molar-refractivity contribution in [2.45, 2.75) is 45.1 Å². The molecule has 0 radical (unpaired) electrons. The molecule has 6 heteroatoms. The summed E-state index contributed by atoms with van der Waals surface area (Å²) in [7, 11) is 0. The lowest BCUT2D eigenvalue weighted by atomic mass is 9.94. The highest BCUT2D eigenvalue weighted by atomic mass is 16.2. The largest absolute Gasteiger partial charge is 0.345 e. The van der Waals surface area contributed by atoms with Crippen LogP contribution in [0.1, 0.15) is 43.2 Å². The molecule has 0 heterocycles. The molecule has 0 aliphatic heterocycles. The summed E-state index contributed by atoms with van der Waals surface area (Å²) >= 11 is 0. The van der Waals surface area contributed by atoms with Gasteiger partial charge in [-0.25, -0.2) is 0 Å². The van der Waals surface area contributed by atoms with Crippen LogP contribution in [0.25, 0.3) is 6.08 Å². The van der Waals surface area contributed by atoms with Gasteiger partial charge < -0.3 is 15.5 Å². The second-order valence-electron chi connectivity index (χ2n) is 8.20. The molecule has 6 nitrogen and oxygen atoms in total. The standard InChI is InChI=1S/C26H31N3O3/c1-20-9-8-12-22(17-20)28-24(30)18-27-25(31)19-29(23-13-6-3-7-14-23)26(32)16-15-21-10-4-2-5-11-21/h2,4-5,8-12,15-17,23H,3,6-7,13-14,18-19H2,1H3,(H,27,31)(H,28,30). The first-order chi connectivity index (χ1) is 15.5. The van der Waals surface area contributed by atoms with E-state index in [0.717, 1.165) is 43.2 Å². The molecule has 1 fully saturated rings. The first-order valence-electron chi connectivity index (χ1n) is 11.2. The van der Waals surface area contributed by atoms with Crippen molar-refractivity contribution in [3.63, 3.8) is 0 Å². The maximum atomic E-state index is 12.9. The average Bonchev–Trinajstić information content (AvgIpc) is 2.81. The third-order valence-corrected chi connectivity index (χ3v) is 5.58. The lowest BCUT2D eigenvalue weighted by Crippen LogP contribution is -2.47. The molecule has 3 rings (SSSR count). The Bertz CT molecular complexity index is 950. The van der Waals surface area contributed by atoms with E-state index >= 15 is 0 Å². The van der Waals surface area contributed by atoms with Crippen LogP contribution in [0.2, 0.25) is 0 Å². The lowest BCUT2D eigenvalue weighted by molar-refractivity contribution is -0.135. The zero-order valence-corrected chi connectivity index (χ0v) is 18.5. The highest BCUT2D eigenvalue weighted by molar-refractivity contribution is 5.97. The Hall–Kier alpha value is -3.41. The lowest BCUT2D eigenvalue weighted by Gasteiger charge is -2.33. The van der Waals surface area contributed by atoms with Gasteiger partial charge in [0.2, 0.25) is 17.7 Å². The summed E-state index contributed by atoms with van der Waals surface area (Å²) < 4.78 is 0. The van der Waals surface area contributed by atoms with Gasteiger partial charge in [0.15, 0.2) is 0 Å². The Balaban J connectivity index is 1.57. The summed E-state index contributed by atoms with van der Waals surface area (Å²) in [6.07, 6.45) is 8.35. The van der Waals surface area contributed by atoms with Gasteiger partial charge in [0.25, 0.3) is 0 Å². The van der Waals surface area contributed by atoms with Crippen LogP contribution < -0.4 is 10.6 Å². The molecule has 1 aliphatic rings. The summed E-state index contributed by atoms with van der Waals surface area (Å²) in [5.41, 5.74) is 2.66. The van der Waals surface area contributed by atoms with Crippen LogP contribution in [-0.4, -0.2) is 41.8 Å². The van der Waals surface area contributed by atoms with E-state index < -0.39 is 0 Å². The number of carbonyl (C=O) groups excluding carboxylic acids is 3. The van der Waals surface area contributed by atoms with Crippen molar-refractivity contribution in [3.8, 4) is 0 Å². The van der Waals surface area contributed by atoms with Crippen molar-refractivity contribution in [2.75, 3.05) is 18.4 Å². The summed E-state index contributed by atoms with van der Waals surface area (Å²) in [6.45, 7) is 1.75. The molecule has 0 aromatic heterocycles. The Morgan fingerprint density at radius 1 is 0.969 bits per heavy atom. The predicted octanol–water partition coefficient (Wildman–Crippen LogP) is 3.92. The number of benzene rings is 2. The van der Waals surface area contributed by atoms with E-state index in [1.54, 1.807) is 17.0 Å². The second-order valence-corrected chi connectivity index (χ2v) is 8.20. The Kier molecular flexibility index (Phi) is 8.61. The maximum Gasteiger partial charge on any atom is 0.247 e. The minimum absolute atomic E-state index is 0.0449. The van der Waals surface area contributed by atoms with Gasteiger partial charge in [-0.15, -0.1) is 0 Å². The zero-order chi connectivity index (χ0) is 22.8. The zero-order valence-electron chi connectivity index (χ0n) is 18.5. The number of carbonyl (C=O) groups is 3. The number of hydrogen-bond donors (Lipinski definition) is 2. The molecular weight excluding hydrogens is 402 g/mol. The van der Waals surface area contributed by atoms with Crippen molar-refractivity contribution < 1.29 is 14.4 Å². The smallest absolute Gasteiger partial charge is 0.247 e. The Labute approximate surface area is 189 Å². The molecule has 0 spiro atoms. The third kappa shape index (κ3) is 7.38. The maximum absolute atomic E-state index is 12.9. The fraction of sp³-hybridized carbons (Fsp3) is 0.346. The van der Waals surface area contributed by atoms with E-state index in [2.05, 4.69) is 10.6 Å². The van der Waals surface area contributed by atoms with Gasteiger partial charge in [0, 0.05) is 17.8 Å². The second kappa shape index (κ2) is 11.8. The van der Waals surface area contributed by atoms with Crippen molar-refractivity contribution in [1.29, 1.82) is 0 Å². The number of nitrogens with zero attached hydrogens (tertiary/aromatic N) is 1. The number of nitrogens with one attached hydrogen (secondary N) is 2. The SMILES string of the molecule is Cc1cccc(NC(=O)CNC(=O)CN(C(=O)C=Cc2ccccc2)C2CCCCC2)c1. The molecule has 32 heavy (non-hydrogen) atoms. The normalized spacial score (nSPS) is 14.2. The quantitative estimate of drug-likeness (QED) is 0.619. The number of anilines is 1. The summed E-state index contributed by atoms with van der Waals surface area (Å²) in [4.78, 5) is 39.4. The molecule has 3 amide bonds. The number of hydrogen-bond acceptors (Lipinski definition) is 3. The van der Waals surface area contributed by atoms with Crippen molar-refractivity contribution in [3.05, 3.63) is 71.8 Å². The average molecular weight is 434 g/mol. The van der Waals surface area contributed by atoms with Crippen molar-refractivity contribution in [2.24, 2.45) is 0 Å². The van der Waals surface area contributed by atoms with E-state index in [1.807, 2.05) is 55.5 Å². The Morgan fingerprint density at radius 2 is 1.72 bits per heavy atom. The van der Waals surface area contributed by atoms with Gasteiger partial charge in [-0.3, -0.25) is 14.4 Å². The van der Waals surface area contributed by atoms with E-state index in [-0.39, 0.29) is 36.9 Å². The summed E-state index contributed by atoms with van der Waals surface area (Å²) in [6, 6.07) is 17.1. The van der Waals surface area contributed by atoms with Gasteiger partial charge >= 0.3 is 0 Å².